The Hall–Kier alpha value is -0.930. The Morgan fingerprint density at radius 2 is 2.19 bits per heavy atom. The van der Waals surface area contributed by atoms with Crippen LogP contribution in [0, 0.1) is 5.82 Å². The third-order valence-corrected chi connectivity index (χ3v) is 3.06. The van der Waals surface area contributed by atoms with E-state index in [0.717, 1.165) is 18.4 Å². The fraction of sp³-hybridized carbons (Fsp3) is 0.538. The highest BCUT2D eigenvalue weighted by Gasteiger charge is 2.28. The Labute approximate surface area is 95.1 Å². The molecule has 0 radical (unpaired) electrons. The smallest absolute Gasteiger partial charge is 0.123 e. The molecule has 88 valence electrons. The lowest BCUT2D eigenvalue weighted by atomic mass is 9.88. The standard InChI is InChI=1S/C13H17FO2/c14-12-4-1-3-11(9-12)10-13(15)5-2-7-16-8-6-13/h1,3-4,9,15H,2,5-8,10H2. The van der Waals surface area contributed by atoms with Gasteiger partial charge in [0.2, 0.25) is 0 Å². The quantitative estimate of drug-likeness (QED) is 0.835. The molecule has 0 saturated carbocycles. The topological polar surface area (TPSA) is 29.5 Å². The van der Waals surface area contributed by atoms with Crippen molar-refractivity contribution in [3.8, 4) is 0 Å². The van der Waals surface area contributed by atoms with E-state index in [1.807, 2.05) is 6.07 Å². The highest BCUT2D eigenvalue weighted by Crippen LogP contribution is 2.25. The fourth-order valence-electron chi connectivity index (χ4n) is 2.20. The summed E-state index contributed by atoms with van der Waals surface area (Å²) < 4.78 is 18.3. The average Bonchev–Trinajstić information content (AvgIpc) is 2.43. The van der Waals surface area contributed by atoms with E-state index >= 15 is 0 Å². The van der Waals surface area contributed by atoms with E-state index in [1.54, 1.807) is 6.07 Å². The molecule has 1 unspecified atom stereocenters. The van der Waals surface area contributed by atoms with E-state index in [1.165, 1.54) is 12.1 Å². The van der Waals surface area contributed by atoms with Gasteiger partial charge in [0, 0.05) is 19.6 Å². The molecule has 16 heavy (non-hydrogen) atoms. The van der Waals surface area contributed by atoms with Crippen molar-refractivity contribution in [2.24, 2.45) is 0 Å². The number of halogens is 1. The van der Waals surface area contributed by atoms with Crippen molar-refractivity contribution in [2.75, 3.05) is 13.2 Å². The lowest BCUT2D eigenvalue weighted by Crippen LogP contribution is -2.31. The third kappa shape index (κ3) is 3.03. The number of rotatable bonds is 2. The highest BCUT2D eigenvalue weighted by atomic mass is 19.1. The second-order valence-electron chi connectivity index (χ2n) is 4.50. The lowest BCUT2D eigenvalue weighted by molar-refractivity contribution is 0.0188. The Bertz CT molecular complexity index is 344. The van der Waals surface area contributed by atoms with Crippen molar-refractivity contribution < 1.29 is 14.2 Å². The van der Waals surface area contributed by atoms with Gasteiger partial charge in [0.15, 0.2) is 0 Å². The first-order valence-corrected chi connectivity index (χ1v) is 5.73. The van der Waals surface area contributed by atoms with Crippen LogP contribution in [0.4, 0.5) is 4.39 Å². The molecule has 1 N–H and O–H groups in total. The SMILES string of the molecule is OC1(Cc2cccc(F)c2)CCCOCC1. The normalized spacial score (nSPS) is 26.4. The summed E-state index contributed by atoms with van der Waals surface area (Å²) in [5, 5.41) is 10.4. The summed E-state index contributed by atoms with van der Waals surface area (Å²) in [6.45, 7) is 1.30. The van der Waals surface area contributed by atoms with Crippen molar-refractivity contribution in [3.63, 3.8) is 0 Å². The molecule has 1 aliphatic rings. The molecule has 1 aromatic carbocycles. The molecule has 1 heterocycles. The van der Waals surface area contributed by atoms with Crippen molar-refractivity contribution in [1.82, 2.24) is 0 Å². The molecule has 1 aliphatic heterocycles. The van der Waals surface area contributed by atoms with E-state index in [4.69, 9.17) is 4.74 Å². The summed E-state index contributed by atoms with van der Waals surface area (Å²) in [6, 6.07) is 6.45. The van der Waals surface area contributed by atoms with Crippen LogP contribution in [0.3, 0.4) is 0 Å². The first kappa shape index (κ1) is 11.6. The van der Waals surface area contributed by atoms with E-state index in [0.29, 0.717) is 26.1 Å². The van der Waals surface area contributed by atoms with E-state index < -0.39 is 5.60 Å². The van der Waals surface area contributed by atoms with E-state index in [-0.39, 0.29) is 5.82 Å². The monoisotopic (exact) mass is 224 g/mol. The maximum atomic E-state index is 13.0. The van der Waals surface area contributed by atoms with Crippen LogP contribution in [-0.4, -0.2) is 23.9 Å². The van der Waals surface area contributed by atoms with Gasteiger partial charge in [0.1, 0.15) is 5.82 Å². The lowest BCUT2D eigenvalue weighted by Gasteiger charge is -2.26. The van der Waals surface area contributed by atoms with Crippen LogP contribution in [0.1, 0.15) is 24.8 Å². The van der Waals surface area contributed by atoms with E-state index in [9.17, 15) is 9.50 Å². The number of ether oxygens (including phenoxy) is 1. The van der Waals surface area contributed by atoms with Gasteiger partial charge in [-0.15, -0.1) is 0 Å². The number of hydrogen-bond donors (Lipinski definition) is 1. The molecule has 0 aromatic heterocycles. The number of hydrogen-bond acceptors (Lipinski definition) is 2. The van der Waals surface area contributed by atoms with Gasteiger partial charge in [-0.3, -0.25) is 0 Å². The van der Waals surface area contributed by atoms with Gasteiger partial charge in [-0.1, -0.05) is 12.1 Å². The second kappa shape index (κ2) is 4.93. The van der Waals surface area contributed by atoms with Crippen LogP contribution in [0.25, 0.3) is 0 Å². The maximum absolute atomic E-state index is 13.0. The maximum Gasteiger partial charge on any atom is 0.123 e. The third-order valence-electron chi connectivity index (χ3n) is 3.06. The first-order chi connectivity index (χ1) is 7.68. The van der Waals surface area contributed by atoms with Gasteiger partial charge in [-0.05, 0) is 37.0 Å². The van der Waals surface area contributed by atoms with Crippen LogP contribution in [-0.2, 0) is 11.2 Å². The molecule has 3 heteroatoms. The van der Waals surface area contributed by atoms with Crippen molar-refractivity contribution in [1.29, 1.82) is 0 Å². The minimum Gasteiger partial charge on any atom is -0.389 e. The zero-order chi connectivity index (χ0) is 11.4. The van der Waals surface area contributed by atoms with Gasteiger partial charge in [0.05, 0.1) is 5.60 Å². The van der Waals surface area contributed by atoms with Gasteiger partial charge in [0.25, 0.3) is 0 Å². The summed E-state index contributed by atoms with van der Waals surface area (Å²) in [5.74, 6) is -0.244. The fourth-order valence-corrected chi connectivity index (χ4v) is 2.20. The molecule has 0 amide bonds. The molecule has 1 fully saturated rings. The summed E-state index contributed by atoms with van der Waals surface area (Å²) in [4.78, 5) is 0. The molecule has 1 aromatic rings. The molecule has 1 atom stereocenters. The number of benzene rings is 1. The van der Waals surface area contributed by atoms with Crippen LogP contribution in [0.2, 0.25) is 0 Å². The molecule has 2 rings (SSSR count). The average molecular weight is 224 g/mol. The summed E-state index contributed by atoms with van der Waals surface area (Å²) in [5.41, 5.74) is 0.119. The molecular weight excluding hydrogens is 207 g/mol. The molecule has 0 spiro atoms. The van der Waals surface area contributed by atoms with Crippen molar-refractivity contribution in [2.45, 2.75) is 31.3 Å². The van der Waals surface area contributed by atoms with Crippen LogP contribution in [0.15, 0.2) is 24.3 Å². The zero-order valence-corrected chi connectivity index (χ0v) is 9.29. The summed E-state index contributed by atoms with van der Waals surface area (Å²) in [6.07, 6.45) is 2.73. The predicted octanol–water partition coefficient (Wildman–Crippen LogP) is 2.30. The Balaban J connectivity index is 2.06. The van der Waals surface area contributed by atoms with Gasteiger partial charge in [-0.2, -0.15) is 0 Å². The highest BCUT2D eigenvalue weighted by molar-refractivity contribution is 5.18. The second-order valence-corrected chi connectivity index (χ2v) is 4.50. The van der Waals surface area contributed by atoms with Gasteiger partial charge in [-0.25, -0.2) is 4.39 Å². The minimum atomic E-state index is -0.732. The predicted molar refractivity (Wildman–Crippen MR) is 59.7 cm³/mol. The Morgan fingerprint density at radius 3 is 3.00 bits per heavy atom. The Morgan fingerprint density at radius 1 is 1.31 bits per heavy atom. The van der Waals surface area contributed by atoms with Crippen LogP contribution in [0.5, 0.6) is 0 Å². The molecule has 0 bridgehead atoms. The number of aliphatic hydroxyl groups is 1. The van der Waals surface area contributed by atoms with E-state index in [2.05, 4.69) is 0 Å². The molecular formula is C13H17FO2. The minimum absolute atomic E-state index is 0.244. The van der Waals surface area contributed by atoms with Gasteiger partial charge < -0.3 is 9.84 Å². The molecule has 1 saturated heterocycles. The summed E-state index contributed by atoms with van der Waals surface area (Å²) in [7, 11) is 0. The van der Waals surface area contributed by atoms with Crippen molar-refractivity contribution in [3.05, 3.63) is 35.6 Å². The summed E-state index contributed by atoms with van der Waals surface area (Å²) >= 11 is 0. The van der Waals surface area contributed by atoms with Crippen LogP contribution < -0.4 is 0 Å². The van der Waals surface area contributed by atoms with Crippen molar-refractivity contribution >= 4 is 0 Å². The Kier molecular flexibility index (Phi) is 3.56. The molecule has 2 nitrogen and oxygen atoms in total. The zero-order valence-electron chi connectivity index (χ0n) is 9.29. The van der Waals surface area contributed by atoms with Crippen LogP contribution >= 0.6 is 0 Å². The van der Waals surface area contributed by atoms with Gasteiger partial charge >= 0.3 is 0 Å². The first-order valence-electron chi connectivity index (χ1n) is 5.73. The molecule has 0 aliphatic carbocycles. The largest absolute Gasteiger partial charge is 0.389 e.